The number of carbonyl (C=O) groups is 1. The molecule has 0 bridgehead atoms. The van der Waals surface area contributed by atoms with E-state index in [1.165, 1.54) is 35.6 Å². The zero-order valence-corrected chi connectivity index (χ0v) is 18.8. The smallest absolute Gasteiger partial charge is 0.305 e. The molecule has 1 N–H and O–H groups in total. The van der Waals surface area contributed by atoms with E-state index in [4.69, 9.17) is 5.26 Å². The average molecular weight is 472 g/mol. The number of pyridine rings is 1. The summed E-state index contributed by atoms with van der Waals surface area (Å²) in [4.78, 5) is 18.9. The summed E-state index contributed by atoms with van der Waals surface area (Å²) in [6, 6.07) is 12.4. The van der Waals surface area contributed by atoms with Crippen molar-refractivity contribution >= 4 is 22.6 Å². The van der Waals surface area contributed by atoms with Crippen molar-refractivity contribution in [1.29, 1.82) is 5.26 Å². The minimum Gasteiger partial charge on any atom is -0.305 e. The van der Waals surface area contributed by atoms with Crippen LogP contribution >= 0.6 is 0 Å². The summed E-state index contributed by atoms with van der Waals surface area (Å²) in [6.45, 7) is 2.49. The summed E-state index contributed by atoms with van der Waals surface area (Å²) < 4.78 is 30.4. The van der Waals surface area contributed by atoms with Crippen molar-refractivity contribution < 1.29 is 13.6 Å². The van der Waals surface area contributed by atoms with Crippen molar-refractivity contribution in [2.24, 2.45) is 0 Å². The molecule has 1 fully saturated rings. The summed E-state index contributed by atoms with van der Waals surface area (Å²) >= 11 is 0. The van der Waals surface area contributed by atoms with Crippen LogP contribution in [0.3, 0.4) is 0 Å². The van der Waals surface area contributed by atoms with Gasteiger partial charge in [-0.3, -0.25) is 4.90 Å². The number of carbonyl (C=O) groups excluding carboxylic acids is 1. The highest BCUT2D eigenvalue weighted by Crippen LogP contribution is 2.30. The number of halogens is 2. The molecule has 35 heavy (non-hydrogen) atoms. The van der Waals surface area contributed by atoms with Gasteiger partial charge in [0, 0.05) is 17.5 Å². The Labute approximate surface area is 200 Å². The van der Waals surface area contributed by atoms with Crippen molar-refractivity contribution in [3.05, 3.63) is 77.8 Å². The second-order valence-electron chi connectivity index (χ2n) is 8.58. The number of amides is 1. The van der Waals surface area contributed by atoms with Crippen molar-refractivity contribution in [2.45, 2.75) is 25.8 Å². The Hall–Kier alpha value is -4.16. The topological polar surface area (TPSA) is 86.8 Å². The molecule has 9 heteroatoms. The van der Waals surface area contributed by atoms with E-state index in [2.05, 4.69) is 20.3 Å². The van der Waals surface area contributed by atoms with E-state index in [9.17, 15) is 13.6 Å². The lowest BCUT2D eigenvalue weighted by Crippen LogP contribution is -2.29. The van der Waals surface area contributed by atoms with Crippen molar-refractivity contribution in [3.8, 4) is 17.2 Å². The fourth-order valence-corrected chi connectivity index (χ4v) is 4.39. The Balaban J connectivity index is 1.41. The number of hydrogen-bond acceptors (Lipinski definition) is 5. The molecular formula is C26H22F2N6O. The fraction of sp³-hybridized carbons (Fsp3) is 0.231. The third-order valence-electron chi connectivity index (χ3n) is 6.14. The van der Waals surface area contributed by atoms with Crippen LogP contribution in [0.1, 0.15) is 30.5 Å². The van der Waals surface area contributed by atoms with Crippen molar-refractivity contribution in [1.82, 2.24) is 19.7 Å². The molecule has 0 atom stereocenters. The van der Waals surface area contributed by atoms with E-state index in [1.54, 1.807) is 30.3 Å². The lowest BCUT2D eigenvalue weighted by Gasteiger charge is -2.26. The van der Waals surface area contributed by atoms with Gasteiger partial charge in [-0.05, 0) is 73.5 Å². The van der Waals surface area contributed by atoms with Gasteiger partial charge in [0.05, 0.1) is 23.6 Å². The zero-order valence-electron chi connectivity index (χ0n) is 18.8. The van der Waals surface area contributed by atoms with E-state index >= 15 is 0 Å². The molecule has 0 spiro atoms. The molecule has 3 heterocycles. The Morgan fingerprint density at radius 3 is 2.63 bits per heavy atom. The summed E-state index contributed by atoms with van der Waals surface area (Å²) in [5, 5.41) is 16.3. The van der Waals surface area contributed by atoms with Gasteiger partial charge in [0.15, 0.2) is 11.6 Å². The molecule has 4 aromatic rings. The van der Waals surface area contributed by atoms with Crippen LogP contribution in [0.15, 0.2) is 54.9 Å². The molecule has 0 unspecified atom stereocenters. The van der Waals surface area contributed by atoms with Crippen LogP contribution in [0, 0.1) is 23.0 Å². The van der Waals surface area contributed by atoms with Crippen LogP contribution in [0.4, 0.5) is 19.3 Å². The number of piperidine rings is 1. The predicted molar refractivity (Wildman–Crippen MR) is 128 cm³/mol. The van der Waals surface area contributed by atoms with Gasteiger partial charge >= 0.3 is 6.03 Å². The Morgan fingerprint density at radius 2 is 1.89 bits per heavy atom. The number of rotatable bonds is 4. The molecule has 2 aromatic heterocycles. The van der Waals surface area contributed by atoms with Gasteiger partial charge in [0.25, 0.3) is 0 Å². The molecule has 1 aliphatic heterocycles. The van der Waals surface area contributed by atoms with Gasteiger partial charge in [0.2, 0.25) is 0 Å². The highest BCUT2D eigenvalue weighted by molar-refractivity contribution is 5.98. The van der Waals surface area contributed by atoms with Gasteiger partial charge in [-0.25, -0.2) is 18.6 Å². The molecule has 1 saturated heterocycles. The predicted octanol–water partition coefficient (Wildman–Crippen LogP) is 5.31. The molecule has 7 nitrogen and oxygen atoms in total. The standard InChI is InChI=1S/C26H22F2N6O/c27-23-11-17(16-33-8-2-1-3-9-33)10-22(25(23)28)18-4-7-24-19(12-18)14-31-34(24)26(35)32-21-6-5-20(13-29)30-15-21/h4-7,10-12,14-15H,1-3,8-9,16H2,(H,32,35). The first-order chi connectivity index (χ1) is 17.0. The minimum absolute atomic E-state index is 0.180. The maximum Gasteiger partial charge on any atom is 0.347 e. The third kappa shape index (κ3) is 4.74. The summed E-state index contributed by atoms with van der Waals surface area (Å²) in [5.74, 6) is -1.77. The van der Waals surface area contributed by atoms with Crippen LogP contribution in [-0.4, -0.2) is 38.8 Å². The number of anilines is 1. The highest BCUT2D eigenvalue weighted by atomic mass is 19.2. The van der Waals surface area contributed by atoms with Crippen LogP contribution in [0.5, 0.6) is 0 Å². The summed E-state index contributed by atoms with van der Waals surface area (Å²) in [5.41, 5.74) is 2.58. The highest BCUT2D eigenvalue weighted by Gasteiger charge is 2.18. The number of nitriles is 1. The molecule has 1 aliphatic rings. The van der Waals surface area contributed by atoms with E-state index in [1.807, 2.05) is 6.07 Å². The van der Waals surface area contributed by atoms with Crippen LogP contribution in [0.2, 0.25) is 0 Å². The second kappa shape index (κ2) is 9.60. The summed E-state index contributed by atoms with van der Waals surface area (Å²) in [6.07, 6.45) is 6.32. The molecule has 0 saturated carbocycles. The molecule has 1 amide bonds. The second-order valence-corrected chi connectivity index (χ2v) is 8.58. The minimum atomic E-state index is -0.898. The molecule has 0 aliphatic carbocycles. The van der Waals surface area contributed by atoms with Crippen molar-refractivity contribution in [2.75, 3.05) is 18.4 Å². The number of nitrogens with one attached hydrogen (secondary N) is 1. The first kappa shape index (κ1) is 22.6. The molecule has 5 rings (SSSR count). The molecule has 176 valence electrons. The number of fused-ring (bicyclic) bond motifs is 1. The number of benzene rings is 2. The summed E-state index contributed by atoms with van der Waals surface area (Å²) in [7, 11) is 0. The monoisotopic (exact) mass is 472 g/mol. The lowest BCUT2D eigenvalue weighted by atomic mass is 10.00. The fourth-order valence-electron chi connectivity index (χ4n) is 4.39. The number of aromatic nitrogens is 3. The number of likely N-dealkylation sites (tertiary alicyclic amines) is 1. The first-order valence-corrected chi connectivity index (χ1v) is 11.4. The van der Waals surface area contributed by atoms with E-state index in [0.29, 0.717) is 28.7 Å². The average Bonchev–Trinajstić information content (AvgIpc) is 3.31. The maximum absolute atomic E-state index is 14.8. The van der Waals surface area contributed by atoms with Crippen molar-refractivity contribution in [3.63, 3.8) is 0 Å². The van der Waals surface area contributed by atoms with Gasteiger partial charge < -0.3 is 5.32 Å². The van der Waals surface area contributed by atoms with Crippen LogP contribution in [0.25, 0.3) is 22.0 Å². The SMILES string of the molecule is N#Cc1ccc(NC(=O)n2ncc3cc(-c4cc(CN5CCCCC5)cc(F)c4F)ccc32)cn1. The quantitative estimate of drug-likeness (QED) is 0.435. The largest absolute Gasteiger partial charge is 0.347 e. The number of hydrogen-bond donors (Lipinski definition) is 1. The Bertz CT molecular complexity index is 1430. The zero-order chi connectivity index (χ0) is 24.4. The Kier molecular flexibility index (Phi) is 6.21. The van der Waals surface area contributed by atoms with Crippen LogP contribution in [-0.2, 0) is 6.54 Å². The molecule has 0 radical (unpaired) electrons. The Morgan fingerprint density at radius 1 is 1.06 bits per heavy atom. The molecular weight excluding hydrogens is 450 g/mol. The van der Waals surface area contributed by atoms with Crippen LogP contribution < -0.4 is 5.32 Å². The van der Waals surface area contributed by atoms with Gasteiger partial charge in [0.1, 0.15) is 11.8 Å². The third-order valence-corrected chi connectivity index (χ3v) is 6.14. The normalized spacial score (nSPS) is 14.1. The first-order valence-electron chi connectivity index (χ1n) is 11.4. The van der Waals surface area contributed by atoms with E-state index in [-0.39, 0.29) is 11.3 Å². The lowest BCUT2D eigenvalue weighted by molar-refractivity contribution is 0.220. The van der Waals surface area contributed by atoms with Gasteiger partial charge in [-0.2, -0.15) is 15.0 Å². The van der Waals surface area contributed by atoms with E-state index in [0.717, 1.165) is 31.5 Å². The maximum atomic E-state index is 14.8. The van der Waals surface area contributed by atoms with E-state index < -0.39 is 17.7 Å². The molecule has 2 aromatic carbocycles. The van der Waals surface area contributed by atoms with Gasteiger partial charge in [-0.1, -0.05) is 12.5 Å². The van der Waals surface area contributed by atoms with Gasteiger partial charge in [-0.15, -0.1) is 0 Å². The number of nitrogens with zero attached hydrogens (tertiary/aromatic N) is 5.